The summed E-state index contributed by atoms with van der Waals surface area (Å²) in [6, 6.07) is 4.63. The highest BCUT2D eigenvalue weighted by molar-refractivity contribution is 7.10. The van der Waals surface area contributed by atoms with Gasteiger partial charge in [0.15, 0.2) is 0 Å². The summed E-state index contributed by atoms with van der Waals surface area (Å²) in [4.78, 5) is 1.37. The molecule has 2 unspecified atom stereocenters. The molecule has 0 saturated carbocycles. The van der Waals surface area contributed by atoms with Crippen LogP contribution in [0.15, 0.2) is 17.5 Å². The number of nitrogens with one attached hydrogen (secondary N) is 1. The molecule has 0 saturated heterocycles. The summed E-state index contributed by atoms with van der Waals surface area (Å²) in [6.45, 7) is 7.17. The van der Waals surface area contributed by atoms with E-state index in [4.69, 9.17) is 0 Å². The van der Waals surface area contributed by atoms with Gasteiger partial charge in [0.2, 0.25) is 0 Å². The fourth-order valence-electron chi connectivity index (χ4n) is 2.20. The van der Waals surface area contributed by atoms with E-state index in [1.807, 2.05) is 0 Å². The van der Waals surface area contributed by atoms with Gasteiger partial charge in [-0.05, 0) is 23.8 Å². The smallest absolute Gasteiger partial charge is 0.0692 e. The third-order valence-electron chi connectivity index (χ3n) is 3.46. The third-order valence-corrected chi connectivity index (χ3v) is 4.45. The summed E-state index contributed by atoms with van der Waals surface area (Å²) in [6.07, 6.45) is 2.94. The van der Waals surface area contributed by atoms with Gasteiger partial charge in [-0.1, -0.05) is 39.7 Å². The van der Waals surface area contributed by atoms with Crippen LogP contribution in [0.2, 0.25) is 0 Å². The van der Waals surface area contributed by atoms with Crippen LogP contribution < -0.4 is 5.32 Å². The van der Waals surface area contributed by atoms with E-state index in [0.717, 1.165) is 19.3 Å². The Morgan fingerprint density at radius 2 is 1.94 bits per heavy atom. The highest BCUT2D eigenvalue weighted by atomic mass is 32.1. The van der Waals surface area contributed by atoms with Gasteiger partial charge >= 0.3 is 0 Å². The van der Waals surface area contributed by atoms with Crippen molar-refractivity contribution in [2.75, 3.05) is 6.54 Å². The summed E-state index contributed by atoms with van der Waals surface area (Å²) in [5, 5.41) is 15.7. The summed E-state index contributed by atoms with van der Waals surface area (Å²) in [5.41, 5.74) is 0. The molecule has 0 amide bonds. The van der Waals surface area contributed by atoms with Crippen molar-refractivity contribution in [1.82, 2.24) is 5.32 Å². The number of hydrogen-bond acceptors (Lipinski definition) is 3. The Labute approximate surface area is 109 Å². The maximum Gasteiger partial charge on any atom is 0.0692 e. The van der Waals surface area contributed by atoms with Crippen LogP contribution in [0.25, 0.3) is 0 Å². The number of aliphatic hydroxyl groups is 1. The number of aliphatic hydroxyl groups excluding tert-OH is 1. The van der Waals surface area contributed by atoms with Gasteiger partial charge in [0.1, 0.15) is 0 Å². The molecule has 2 atom stereocenters. The molecule has 0 bridgehead atoms. The summed E-state index contributed by atoms with van der Waals surface area (Å²) < 4.78 is 0. The van der Waals surface area contributed by atoms with Crippen molar-refractivity contribution >= 4 is 11.3 Å². The van der Waals surface area contributed by atoms with Crippen LogP contribution in [0.4, 0.5) is 0 Å². The first-order valence-corrected chi connectivity index (χ1v) is 7.55. The molecule has 1 aromatic heterocycles. The highest BCUT2D eigenvalue weighted by Crippen LogP contribution is 2.22. The van der Waals surface area contributed by atoms with Crippen LogP contribution in [0.5, 0.6) is 0 Å². The van der Waals surface area contributed by atoms with Crippen molar-refractivity contribution in [3.8, 4) is 0 Å². The maximum absolute atomic E-state index is 10.1. The first-order valence-electron chi connectivity index (χ1n) is 6.67. The van der Waals surface area contributed by atoms with Gasteiger partial charge in [0, 0.05) is 17.5 Å². The molecule has 0 aliphatic rings. The largest absolute Gasteiger partial charge is 0.392 e. The zero-order valence-electron chi connectivity index (χ0n) is 11.1. The fourth-order valence-corrected chi connectivity index (χ4v) is 3.08. The molecular weight excluding hydrogens is 230 g/mol. The molecular formula is C14H25NOS. The third kappa shape index (κ3) is 4.41. The first-order chi connectivity index (χ1) is 8.22. The van der Waals surface area contributed by atoms with Crippen molar-refractivity contribution in [3.05, 3.63) is 22.4 Å². The minimum atomic E-state index is -0.223. The molecule has 2 N–H and O–H groups in total. The second-order valence-corrected chi connectivity index (χ2v) is 5.51. The molecule has 2 nitrogen and oxygen atoms in total. The van der Waals surface area contributed by atoms with E-state index in [9.17, 15) is 5.11 Å². The molecule has 0 aromatic carbocycles. The van der Waals surface area contributed by atoms with Gasteiger partial charge in [-0.3, -0.25) is 0 Å². The minimum absolute atomic E-state index is 0.223. The second-order valence-electron chi connectivity index (χ2n) is 4.53. The summed E-state index contributed by atoms with van der Waals surface area (Å²) >= 11 is 1.78. The Hall–Kier alpha value is -0.380. The lowest BCUT2D eigenvalue weighted by Crippen LogP contribution is -2.34. The van der Waals surface area contributed by atoms with Gasteiger partial charge in [-0.2, -0.15) is 0 Å². The molecule has 1 aromatic rings. The Morgan fingerprint density at radius 1 is 1.24 bits per heavy atom. The molecule has 0 aliphatic heterocycles. The van der Waals surface area contributed by atoms with Crippen LogP contribution in [0.1, 0.15) is 51.0 Å². The van der Waals surface area contributed by atoms with Crippen LogP contribution in [0.3, 0.4) is 0 Å². The molecule has 0 aliphatic carbocycles. The molecule has 0 spiro atoms. The Kier molecular flexibility index (Phi) is 6.78. The molecule has 1 heterocycles. The van der Waals surface area contributed by atoms with Crippen LogP contribution in [-0.4, -0.2) is 17.8 Å². The van der Waals surface area contributed by atoms with Crippen LogP contribution in [0, 0.1) is 5.92 Å². The van der Waals surface area contributed by atoms with Gasteiger partial charge in [0.05, 0.1) is 6.10 Å². The van der Waals surface area contributed by atoms with Gasteiger partial charge in [-0.25, -0.2) is 0 Å². The zero-order chi connectivity index (χ0) is 12.7. The summed E-state index contributed by atoms with van der Waals surface area (Å²) in [7, 11) is 0. The predicted octanol–water partition coefficient (Wildman–Crippen LogP) is 3.59. The molecule has 1 rings (SSSR count). The van der Waals surface area contributed by atoms with E-state index < -0.39 is 0 Å². The number of thiophene rings is 1. The Morgan fingerprint density at radius 3 is 2.41 bits per heavy atom. The van der Waals surface area contributed by atoms with Crippen LogP contribution in [-0.2, 0) is 0 Å². The molecule has 0 fully saturated rings. The highest BCUT2D eigenvalue weighted by Gasteiger charge is 2.17. The topological polar surface area (TPSA) is 32.3 Å². The van der Waals surface area contributed by atoms with Gasteiger partial charge < -0.3 is 10.4 Å². The molecule has 0 radical (unpaired) electrons. The molecule has 98 valence electrons. The number of hydrogen-bond donors (Lipinski definition) is 2. The maximum atomic E-state index is 10.1. The Balaban J connectivity index is 2.43. The van der Waals surface area contributed by atoms with E-state index in [2.05, 4.69) is 43.6 Å². The van der Waals surface area contributed by atoms with E-state index in [0.29, 0.717) is 18.5 Å². The average Bonchev–Trinajstić information content (AvgIpc) is 2.85. The second kappa shape index (κ2) is 7.85. The van der Waals surface area contributed by atoms with E-state index in [1.54, 1.807) is 11.3 Å². The molecule has 3 heteroatoms. The lowest BCUT2D eigenvalue weighted by atomic mass is 9.96. The SMILES string of the molecule is CCC(NCC(O)C(CC)CC)c1cccs1. The van der Waals surface area contributed by atoms with Crippen molar-refractivity contribution in [3.63, 3.8) is 0 Å². The predicted molar refractivity (Wildman–Crippen MR) is 75.4 cm³/mol. The van der Waals surface area contributed by atoms with Crippen LogP contribution >= 0.6 is 11.3 Å². The van der Waals surface area contributed by atoms with Gasteiger partial charge in [-0.15, -0.1) is 11.3 Å². The van der Waals surface area contributed by atoms with Crippen molar-refractivity contribution in [1.29, 1.82) is 0 Å². The van der Waals surface area contributed by atoms with E-state index >= 15 is 0 Å². The summed E-state index contributed by atoms with van der Waals surface area (Å²) in [5.74, 6) is 0.420. The first kappa shape index (κ1) is 14.7. The zero-order valence-corrected chi connectivity index (χ0v) is 12.0. The standard InChI is InChI=1S/C14H25NOS/c1-4-11(5-2)13(16)10-15-12(6-3)14-8-7-9-17-14/h7-9,11-13,15-16H,4-6,10H2,1-3H3. The van der Waals surface area contributed by atoms with Crippen molar-refractivity contribution < 1.29 is 5.11 Å². The van der Waals surface area contributed by atoms with Crippen molar-refractivity contribution in [2.24, 2.45) is 5.92 Å². The molecule has 17 heavy (non-hydrogen) atoms. The lowest BCUT2D eigenvalue weighted by Gasteiger charge is -2.23. The quantitative estimate of drug-likeness (QED) is 0.744. The number of rotatable bonds is 8. The fraction of sp³-hybridized carbons (Fsp3) is 0.714. The normalized spacial score (nSPS) is 15.1. The van der Waals surface area contributed by atoms with E-state index in [-0.39, 0.29) is 6.10 Å². The average molecular weight is 255 g/mol. The van der Waals surface area contributed by atoms with E-state index in [1.165, 1.54) is 4.88 Å². The monoisotopic (exact) mass is 255 g/mol. The Bertz CT molecular complexity index is 282. The van der Waals surface area contributed by atoms with Crippen molar-refractivity contribution in [2.45, 2.75) is 52.2 Å². The minimum Gasteiger partial charge on any atom is -0.392 e. The van der Waals surface area contributed by atoms with Gasteiger partial charge in [0.25, 0.3) is 0 Å². The lowest BCUT2D eigenvalue weighted by molar-refractivity contribution is 0.0982.